The number of rotatable bonds is 5. The van der Waals surface area contributed by atoms with E-state index >= 15 is 0 Å². The van der Waals surface area contributed by atoms with Crippen LogP contribution in [0.3, 0.4) is 0 Å². The maximum atomic E-state index is 12.6. The zero-order valence-corrected chi connectivity index (χ0v) is 15.6. The number of nitrogens with one attached hydrogen (secondary N) is 1. The molecule has 138 valence electrons. The number of carbonyl (C=O) groups is 1. The summed E-state index contributed by atoms with van der Waals surface area (Å²) < 4.78 is 0. The van der Waals surface area contributed by atoms with Gasteiger partial charge in [0.2, 0.25) is 0 Å². The normalized spacial score (nSPS) is 15.8. The van der Waals surface area contributed by atoms with Gasteiger partial charge in [0.25, 0.3) is 5.91 Å². The summed E-state index contributed by atoms with van der Waals surface area (Å²) in [6.45, 7) is 6.65. The quantitative estimate of drug-likeness (QED) is 0.844. The van der Waals surface area contributed by atoms with E-state index in [0.717, 1.165) is 38.4 Å². The molecule has 2 aromatic carbocycles. The van der Waals surface area contributed by atoms with Crippen LogP contribution in [0.4, 0.5) is 5.69 Å². The summed E-state index contributed by atoms with van der Waals surface area (Å²) in [4.78, 5) is 18.1. The summed E-state index contributed by atoms with van der Waals surface area (Å²) in [5.41, 5.74) is 3.67. The first-order valence-corrected chi connectivity index (χ1v) is 9.20. The molecule has 1 atom stereocenters. The minimum absolute atomic E-state index is 0.224. The molecular weight excluding hydrogens is 326 g/mol. The number of aryl methyl sites for hydroxylation is 1. The molecule has 3 rings (SSSR count). The van der Waals surface area contributed by atoms with Crippen LogP contribution in [0.25, 0.3) is 0 Å². The lowest BCUT2D eigenvalue weighted by molar-refractivity contribution is -0.885. The van der Waals surface area contributed by atoms with E-state index in [1.54, 1.807) is 12.1 Å². The number of piperazine rings is 1. The number of quaternary nitrogens is 1. The third-order valence-electron chi connectivity index (χ3n) is 5.05. The number of carbonyl (C=O) groups excluding carboxylic acids is 1. The molecule has 1 fully saturated rings. The molecule has 1 amide bonds. The topological polar surface area (TPSA) is 48.2 Å². The molecular formula is C21H28N3O2+. The van der Waals surface area contributed by atoms with E-state index in [2.05, 4.69) is 37.1 Å². The molecule has 1 heterocycles. The first kappa shape index (κ1) is 18.3. The second-order valence-corrected chi connectivity index (χ2v) is 7.12. The molecule has 0 bridgehead atoms. The molecule has 0 aliphatic carbocycles. The van der Waals surface area contributed by atoms with Gasteiger partial charge in [-0.15, -0.1) is 0 Å². The first-order valence-electron chi connectivity index (χ1n) is 9.20. The number of hydrogen-bond acceptors (Lipinski definition) is 3. The van der Waals surface area contributed by atoms with Crippen molar-refractivity contribution >= 4 is 11.6 Å². The Labute approximate surface area is 155 Å². The highest BCUT2D eigenvalue weighted by Crippen LogP contribution is 2.19. The van der Waals surface area contributed by atoms with Crippen molar-refractivity contribution in [1.29, 1.82) is 0 Å². The van der Waals surface area contributed by atoms with Gasteiger partial charge in [-0.1, -0.05) is 24.3 Å². The lowest BCUT2D eigenvalue weighted by Crippen LogP contribution is -3.09. The number of phenolic OH excluding ortho intramolecular Hbond substituents is 1. The van der Waals surface area contributed by atoms with Gasteiger partial charge in [-0.2, -0.15) is 0 Å². The molecule has 2 aromatic rings. The summed E-state index contributed by atoms with van der Waals surface area (Å²) in [6, 6.07) is 15.6. The minimum Gasteiger partial charge on any atom is -0.508 e. The smallest absolute Gasteiger partial charge is 0.277 e. The number of benzene rings is 2. The number of aromatic hydroxyl groups is 1. The maximum Gasteiger partial charge on any atom is 0.277 e. The van der Waals surface area contributed by atoms with E-state index in [1.807, 2.05) is 23.1 Å². The number of hydrogen-bond donors (Lipinski definition) is 2. The van der Waals surface area contributed by atoms with Crippen molar-refractivity contribution in [2.24, 2.45) is 0 Å². The minimum atomic E-state index is 0.224. The maximum absolute atomic E-state index is 12.6. The van der Waals surface area contributed by atoms with Crippen LogP contribution in [-0.2, 0) is 11.3 Å². The third-order valence-corrected chi connectivity index (χ3v) is 5.05. The van der Waals surface area contributed by atoms with Crippen LogP contribution in [0.1, 0.15) is 11.1 Å². The molecule has 1 aliphatic rings. The summed E-state index contributed by atoms with van der Waals surface area (Å²) in [5.74, 6) is 0.503. The summed E-state index contributed by atoms with van der Waals surface area (Å²) >= 11 is 0. The van der Waals surface area contributed by atoms with E-state index in [4.69, 9.17) is 0 Å². The van der Waals surface area contributed by atoms with E-state index in [0.29, 0.717) is 6.54 Å². The second kappa shape index (κ2) is 8.23. The molecule has 5 nitrogen and oxygen atoms in total. The molecule has 1 aliphatic heterocycles. The van der Waals surface area contributed by atoms with Crippen molar-refractivity contribution in [1.82, 2.24) is 4.90 Å². The summed E-state index contributed by atoms with van der Waals surface area (Å²) in [5, 5.41) is 9.40. The van der Waals surface area contributed by atoms with Crippen LogP contribution in [-0.4, -0.2) is 55.7 Å². The first-order chi connectivity index (χ1) is 12.5. The van der Waals surface area contributed by atoms with Gasteiger partial charge in [-0.25, -0.2) is 0 Å². The van der Waals surface area contributed by atoms with Crippen LogP contribution in [0.2, 0.25) is 0 Å². The van der Waals surface area contributed by atoms with Crippen LogP contribution in [0, 0.1) is 6.92 Å². The van der Waals surface area contributed by atoms with Crippen LogP contribution < -0.4 is 9.80 Å². The second-order valence-electron chi connectivity index (χ2n) is 7.12. The fourth-order valence-electron chi connectivity index (χ4n) is 3.44. The van der Waals surface area contributed by atoms with Gasteiger partial charge in [0, 0.05) is 37.4 Å². The van der Waals surface area contributed by atoms with Crippen molar-refractivity contribution < 1.29 is 14.8 Å². The molecule has 1 saturated heterocycles. The molecule has 5 heteroatoms. The highest BCUT2D eigenvalue weighted by molar-refractivity contribution is 5.77. The predicted octanol–water partition coefficient (Wildman–Crippen LogP) is 1.06. The van der Waals surface area contributed by atoms with E-state index < -0.39 is 0 Å². The number of anilines is 1. The van der Waals surface area contributed by atoms with E-state index in [9.17, 15) is 9.90 Å². The Morgan fingerprint density at radius 2 is 1.69 bits per heavy atom. The fourth-order valence-corrected chi connectivity index (χ4v) is 3.44. The highest BCUT2D eigenvalue weighted by atomic mass is 16.3. The van der Waals surface area contributed by atoms with Crippen LogP contribution in [0.5, 0.6) is 5.75 Å². The van der Waals surface area contributed by atoms with Gasteiger partial charge in [0.05, 0.1) is 7.05 Å². The Hall–Kier alpha value is -2.53. The predicted molar refractivity (Wildman–Crippen MR) is 104 cm³/mol. The molecule has 0 spiro atoms. The number of amides is 1. The van der Waals surface area contributed by atoms with Crippen molar-refractivity contribution in [3.63, 3.8) is 0 Å². The van der Waals surface area contributed by atoms with Gasteiger partial charge < -0.3 is 19.8 Å². The van der Waals surface area contributed by atoms with Crippen molar-refractivity contribution in [3.05, 3.63) is 59.7 Å². The summed E-state index contributed by atoms with van der Waals surface area (Å²) in [6.07, 6.45) is 0. The number of likely N-dealkylation sites (N-methyl/N-ethyl adjacent to an activating group) is 1. The lowest BCUT2D eigenvalue weighted by atomic mass is 10.1. The van der Waals surface area contributed by atoms with Crippen LogP contribution in [0.15, 0.2) is 48.5 Å². The average Bonchev–Trinajstić information content (AvgIpc) is 2.64. The van der Waals surface area contributed by atoms with Gasteiger partial charge in [-0.05, 0) is 36.8 Å². The van der Waals surface area contributed by atoms with E-state index in [1.165, 1.54) is 16.0 Å². The van der Waals surface area contributed by atoms with Gasteiger partial charge in [-0.3, -0.25) is 4.79 Å². The number of phenols is 1. The third kappa shape index (κ3) is 4.55. The largest absolute Gasteiger partial charge is 0.508 e. The molecule has 0 aromatic heterocycles. The number of nitrogens with zero attached hydrogens (tertiary/aromatic N) is 2. The van der Waals surface area contributed by atoms with Gasteiger partial charge in [0.15, 0.2) is 6.54 Å². The average molecular weight is 354 g/mol. The Balaban J connectivity index is 1.49. The van der Waals surface area contributed by atoms with Crippen LogP contribution >= 0.6 is 0 Å². The standard InChI is InChI=1S/C21H27N3O2/c1-17-5-3-4-6-18(17)15-22(2)16-21(26)24-13-11-23(12-14-24)19-7-9-20(25)10-8-19/h3-10,25H,11-16H2,1-2H3/p+1. The van der Waals surface area contributed by atoms with Gasteiger partial charge >= 0.3 is 0 Å². The Morgan fingerprint density at radius 3 is 2.35 bits per heavy atom. The zero-order chi connectivity index (χ0) is 18.5. The SMILES string of the molecule is Cc1ccccc1C[NH+](C)CC(=O)N1CCN(c2ccc(O)cc2)CC1. The molecule has 0 radical (unpaired) electrons. The highest BCUT2D eigenvalue weighted by Gasteiger charge is 2.23. The molecule has 2 N–H and O–H groups in total. The van der Waals surface area contributed by atoms with E-state index in [-0.39, 0.29) is 11.7 Å². The zero-order valence-electron chi connectivity index (χ0n) is 15.6. The Morgan fingerprint density at radius 1 is 1.04 bits per heavy atom. The molecule has 0 saturated carbocycles. The van der Waals surface area contributed by atoms with Crippen molar-refractivity contribution in [2.45, 2.75) is 13.5 Å². The summed E-state index contributed by atoms with van der Waals surface area (Å²) in [7, 11) is 2.08. The van der Waals surface area contributed by atoms with Crippen molar-refractivity contribution in [3.8, 4) is 5.75 Å². The Kier molecular flexibility index (Phi) is 5.78. The van der Waals surface area contributed by atoms with Gasteiger partial charge in [0.1, 0.15) is 12.3 Å². The monoisotopic (exact) mass is 354 g/mol. The molecule has 1 unspecified atom stereocenters. The fraction of sp³-hybridized carbons (Fsp3) is 0.381. The molecule has 26 heavy (non-hydrogen) atoms. The van der Waals surface area contributed by atoms with Crippen molar-refractivity contribution in [2.75, 3.05) is 44.7 Å². The lowest BCUT2D eigenvalue weighted by Gasteiger charge is -2.36. The Bertz CT molecular complexity index is 737.